The molecule has 0 atom stereocenters. The first-order valence-electron chi connectivity index (χ1n) is 9.18. The van der Waals surface area contributed by atoms with Crippen molar-refractivity contribution in [1.82, 2.24) is 4.98 Å². The molecule has 0 aliphatic rings. The summed E-state index contributed by atoms with van der Waals surface area (Å²) in [5, 5.41) is 7.97. The van der Waals surface area contributed by atoms with Crippen molar-refractivity contribution in [3.8, 4) is 11.3 Å². The van der Waals surface area contributed by atoms with Gasteiger partial charge in [0.05, 0.1) is 5.69 Å². The summed E-state index contributed by atoms with van der Waals surface area (Å²) >= 11 is 0. The second-order valence-electron chi connectivity index (χ2n) is 6.72. The number of benzene rings is 4. The number of hydrogen-bond acceptors (Lipinski definition) is 2. The highest BCUT2D eigenvalue weighted by Crippen LogP contribution is 2.39. The van der Waals surface area contributed by atoms with Crippen LogP contribution in [0.2, 0.25) is 0 Å². The average molecular weight is 364 g/mol. The van der Waals surface area contributed by atoms with Crippen molar-refractivity contribution in [1.29, 1.82) is 0 Å². The van der Waals surface area contributed by atoms with Gasteiger partial charge in [-0.15, -0.1) is 0 Å². The van der Waals surface area contributed by atoms with Crippen molar-refractivity contribution in [3.05, 3.63) is 103 Å². The Labute approximate surface area is 162 Å². The number of nitrogens with one attached hydrogen (secondary N) is 1. The van der Waals surface area contributed by atoms with Crippen LogP contribution in [0.4, 0.5) is 15.8 Å². The summed E-state index contributed by atoms with van der Waals surface area (Å²) in [6, 6.07) is 29.1. The second kappa shape index (κ2) is 6.78. The molecule has 0 bridgehead atoms. The van der Waals surface area contributed by atoms with E-state index in [1.807, 2.05) is 36.5 Å². The molecule has 2 nitrogen and oxygen atoms in total. The van der Waals surface area contributed by atoms with Crippen LogP contribution in [0.5, 0.6) is 0 Å². The molecule has 0 saturated heterocycles. The maximum Gasteiger partial charge on any atom is 0.123 e. The Bertz CT molecular complexity index is 1290. The van der Waals surface area contributed by atoms with Crippen LogP contribution >= 0.6 is 0 Å². The Morgan fingerprint density at radius 2 is 1.32 bits per heavy atom. The molecule has 0 saturated carbocycles. The molecule has 0 unspecified atom stereocenters. The molecule has 0 aliphatic heterocycles. The van der Waals surface area contributed by atoms with Crippen molar-refractivity contribution in [2.45, 2.75) is 0 Å². The van der Waals surface area contributed by atoms with Gasteiger partial charge in [-0.1, -0.05) is 54.6 Å². The Balaban J connectivity index is 1.79. The van der Waals surface area contributed by atoms with E-state index in [-0.39, 0.29) is 5.82 Å². The molecule has 0 aliphatic carbocycles. The van der Waals surface area contributed by atoms with Gasteiger partial charge in [0, 0.05) is 28.5 Å². The predicted molar refractivity (Wildman–Crippen MR) is 114 cm³/mol. The van der Waals surface area contributed by atoms with E-state index in [4.69, 9.17) is 4.98 Å². The van der Waals surface area contributed by atoms with Gasteiger partial charge in [0.25, 0.3) is 0 Å². The van der Waals surface area contributed by atoms with Gasteiger partial charge in [-0.25, -0.2) is 4.39 Å². The number of anilines is 2. The monoisotopic (exact) mass is 364 g/mol. The Hall–Kier alpha value is -3.72. The summed E-state index contributed by atoms with van der Waals surface area (Å²) in [5.41, 5.74) is 3.74. The Kier molecular flexibility index (Phi) is 3.99. The normalized spacial score (nSPS) is 11.0. The fraction of sp³-hybridized carbons (Fsp3) is 0. The highest BCUT2D eigenvalue weighted by molar-refractivity contribution is 6.08. The zero-order valence-corrected chi connectivity index (χ0v) is 15.1. The molecule has 1 N–H and O–H groups in total. The van der Waals surface area contributed by atoms with Crippen LogP contribution < -0.4 is 5.32 Å². The van der Waals surface area contributed by atoms with Crippen LogP contribution in [0, 0.1) is 5.82 Å². The summed E-state index contributed by atoms with van der Waals surface area (Å²) in [6.45, 7) is 0. The summed E-state index contributed by atoms with van der Waals surface area (Å²) in [6.07, 6.45) is 1.85. The molecule has 0 spiro atoms. The molecule has 28 heavy (non-hydrogen) atoms. The van der Waals surface area contributed by atoms with Crippen LogP contribution in [0.1, 0.15) is 0 Å². The van der Waals surface area contributed by atoms with Gasteiger partial charge >= 0.3 is 0 Å². The quantitative estimate of drug-likeness (QED) is 0.375. The van der Waals surface area contributed by atoms with E-state index in [1.54, 1.807) is 12.1 Å². The zero-order chi connectivity index (χ0) is 18.9. The van der Waals surface area contributed by atoms with Crippen molar-refractivity contribution >= 4 is 32.9 Å². The number of fused-ring (bicyclic) bond motifs is 2. The molecule has 5 aromatic rings. The molecule has 0 radical (unpaired) electrons. The highest BCUT2D eigenvalue weighted by Gasteiger charge is 2.14. The van der Waals surface area contributed by atoms with Crippen molar-refractivity contribution in [2.75, 3.05) is 5.32 Å². The number of aromatic nitrogens is 1. The van der Waals surface area contributed by atoms with E-state index in [0.717, 1.165) is 44.2 Å². The van der Waals surface area contributed by atoms with Crippen LogP contribution in [0.15, 0.2) is 97.2 Å². The molecule has 3 heteroatoms. The lowest BCUT2D eigenvalue weighted by Crippen LogP contribution is -1.96. The van der Waals surface area contributed by atoms with Crippen molar-refractivity contribution < 1.29 is 4.39 Å². The van der Waals surface area contributed by atoms with Crippen molar-refractivity contribution in [3.63, 3.8) is 0 Å². The molecular formula is C25H17FN2. The van der Waals surface area contributed by atoms with Gasteiger partial charge in [0.2, 0.25) is 0 Å². The molecule has 1 aromatic heterocycles. The number of rotatable bonds is 3. The lowest BCUT2D eigenvalue weighted by molar-refractivity contribution is 0.628. The predicted octanol–water partition coefficient (Wildman–Crippen LogP) is 6.94. The summed E-state index contributed by atoms with van der Waals surface area (Å²) in [7, 11) is 0. The standard InChI is InChI=1S/C25H17FN2/c26-19-10-12-20(13-11-19)28-23-14-9-17-5-1-3-7-21(17)24(23)25-22-8-4-2-6-18(22)15-16-27-25/h1-16,28H. The lowest BCUT2D eigenvalue weighted by atomic mass is 9.96. The van der Waals surface area contributed by atoms with E-state index >= 15 is 0 Å². The fourth-order valence-corrected chi connectivity index (χ4v) is 3.64. The zero-order valence-electron chi connectivity index (χ0n) is 15.1. The molecule has 134 valence electrons. The molecule has 5 rings (SSSR count). The van der Waals surface area contributed by atoms with Gasteiger partial charge in [0.15, 0.2) is 0 Å². The minimum atomic E-state index is -0.250. The van der Waals surface area contributed by atoms with E-state index in [1.165, 1.54) is 12.1 Å². The topological polar surface area (TPSA) is 24.9 Å². The summed E-state index contributed by atoms with van der Waals surface area (Å²) in [5.74, 6) is -0.250. The average Bonchev–Trinajstić information content (AvgIpc) is 2.75. The maximum atomic E-state index is 13.3. The van der Waals surface area contributed by atoms with E-state index in [0.29, 0.717) is 0 Å². The Morgan fingerprint density at radius 1 is 0.643 bits per heavy atom. The third-order valence-corrected chi connectivity index (χ3v) is 4.96. The van der Waals surface area contributed by atoms with Gasteiger partial charge in [-0.05, 0) is 52.6 Å². The Morgan fingerprint density at radius 3 is 2.11 bits per heavy atom. The maximum absolute atomic E-state index is 13.3. The molecule has 4 aromatic carbocycles. The first kappa shape index (κ1) is 16.5. The third-order valence-electron chi connectivity index (χ3n) is 4.96. The number of pyridine rings is 1. The fourth-order valence-electron chi connectivity index (χ4n) is 3.64. The van der Waals surface area contributed by atoms with Crippen LogP contribution in [0.25, 0.3) is 32.8 Å². The lowest BCUT2D eigenvalue weighted by Gasteiger charge is -2.16. The van der Waals surface area contributed by atoms with Gasteiger partial charge in [-0.2, -0.15) is 0 Å². The minimum Gasteiger partial charge on any atom is -0.355 e. The van der Waals surface area contributed by atoms with Gasteiger partial charge in [-0.3, -0.25) is 4.98 Å². The van der Waals surface area contributed by atoms with E-state index in [9.17, 15) is 4.39 Å². The first-order valence-corrected chi connectivity index (χ1v) is 9.18. The second-order valence-corrected chi connectivity index (χ2v) is 6.72. The SMILES string of the molecule is Fc1ccc(Nc2ccc3ccccc3c2-c2nccc3ccccc23)cc1. The largest absolute Gasteiger partial charge is 0.355 e. The van der Waals surface area contributed by atoms with Crippen LogP contribution in [-0.4, -0.2) is 4.98 Å². The minimum absolute atomic E-state index is 0.250. The van der Waals surface area contributed by atoms with E-state index in [2.05, 4.69) is 41.7 Å². The molecular weight excluding hydrogens is 347 g/mol. The van der Waals surface area contributed by atoms with E-state index < -0.39 is 0 Å². The third kappa shape index (κ3) is 2.87. The summed E-state index contributed by atoms with van der Waals surface area (Å²) in [4.78, 5) is 4.74. The smallest absolute Gasteiger partial charge is 0.123 e. The number of hydrogen-bond donors (Lipinski definition) is 1. The molecule has 0 fully saturated rings. The van der Waals surface area contributed by atoms with Crippen molar-refractivity contribution in [2.24, 2.45) is 0 Å². The molecule has 0 amide bonds. The van der Waals surface area contributed by atoms with Gasteiger partial charge in [0.1, 0.15) is 5.82 Å². The van der Waals surface area contributed by atoms with Crippen LogP contribution in [-0.2, 0) is 0 Å². The summed E-state index contributed by atoms with van der Waals surface area (Å²) < 4.78 is 13.3. The van der Waals surface area contributed by atoms with Gasteiger partial charge < -0.3 is 5.32 Å². The molecule has 1 heterocycles. The van der Waals surface area contributed by atoms with Crippen LogP contribution in [0.3, 0.4) is 0 Å². The number of nitrogens with zero attached hydrogens (tertiary/aromatic N) is 1. The highest BCUT2D eigenvalue weighted by atomic mass is 19.1. The first-order chi connectivity index (χ1) is 13.8. The number of halogens is 1.